The molecule has 2 aromatic rings. The smallest absolute Gasteiger partial charge is 0.143 e. The molecular weight excluding hydrogens is 322 g/mol. The lowest BCUT2D eigenvalue weighted by Gasteiger charge is -2.13. The number of hydrogen-bond acceptors (Lipinski definition) is 3. The first kappa shape index (κ1) is 14.3. The Hall–Kier alpha value is -1.13. The number of benzene rings is 2. The predicted octanol–water partition coefficient (Wildman–Crippen LogP) is 4.97. The van der Waals surface area contributed by atoms with Crippen molar-refractivity contribution in [3.05, 3.63) is 46.9 Å². The second-order valence-electron chi connectivity index (χ2n) is 4.40. The molecule has 0 atom stereocenters. The van der Waals surface area contributed by atoms with Crippen molar-refractivity contribution in [3.63, 3.8) is 0 Å². The summed E-state index contributed by atoms with van der Waals surface area (Å²) in [7, 11) is 0. The first-order chi connectivity index (χ1) is 9.06. The lowest BCUT2D eigenvalue weighted by atomic mass is 10.3. The molecule has 0 radical (unpaired) electrons. The zero-order chi connectivity index (χ0) is 13.8. The van der Waals surface area contributed by atoms with Crippen molar-refractivity contribution in [2.24, 2.45) is 0 Å². The summed E-state index contributed by atoms with van der Waals surface area (Å²) < 4.78 is 6.79. The average molecular weight is 338 g/mol. The summed E-state index contributed by atoms with van der Waals surface area (Å²) in [6.07, 6.45) is 0.117. The van der Waals surface area contributed by atoms with E-state index in [0.717, 1.165) is 15.1 Å². The Balaban J connectivity index is 2.24. The fraction of sp³-hybridized carbons (Fsp3) is 0.200. The van der Waals surface area contributed by atoms with Crippen molar-refractivity contribution in [3.8, 4) is 5.75 Å². The van der Waals surface area contributed by atoms with E-state index in [-0.39, 0.29) is 6.10 Å². The molecule has 0 amide bonds. The summed E-state index contributed by atoms with van der Waals surface area (Å²) in [6.45, 7) is 3.99. The van der Waals surface area contributed by atoms with E-state index in [0.29, 0.717) is 5.69 Å². The monoisotopic (exact) mass is 337 g/mol. The van der Waals surface area contributed by atoms with E-state index in [1.54, 1.807) is 11.8 Å². The molecule has 2 rings (SSSR count). The number of halogens is 1. The van der Waals surface area contributed by atoms with Crippen molar-refractivity contribution < 1.29 is 4.74 Å². The minimum absolute atomic E-state index is 0.117. The number of hydrogen-bond donors (Lipinski definition) is 1. The van der Waals surface area contributed by atoms with E-state index in [1.807, 2.05) is 50.2 Å². The third-order valence-corrected chi connectivity index (χ3v) is 4.43. The molecule has 100 valence electrons. The molecule has 2 aromatic carbocycles. The molecule has 0 spiro atoms. The summed E-state index contributed by atoms with van der Waals surface area (Å²) >= 11 is 5.23. The number of ether oxygens (including phenoxy) is 1. The van der Waals surface area contributed by atoms with Crippen LogP contribution in [0.2, 0.25) is 0 Å². The van der Waals surface area contributed by atoms with Crippen molar-refractivity contribution in [1.29, 1.82) is 0 Å². The van der Waals surface area contributed by atoms with E-state index in [9.17, 15) is 0 Å². The van der Waals surface area contributed by atoms with Gasteiger partial charge in [-0.1, -0.05) is 23.9 Å². The lowest BCUT2D eigenvalue weighted by Crippen LogP contribution is -2.07. The highest BCUT2D eigenvalue weighted by molar-refractivity contribution is 9.10. The molecule has 0 saturated carbocycles. The Kier molecular flexibility index (Phi) is 4.77. The molecule has 0 heterocycles. The molecule has 0 aliphatic rings. The van der Waals surface area contributed by atoms with Crippen LogP contribution in [0.15, 0.2) is 56.7 Å². The first-order valence-electron chi connectivity index (χ1n) is 6.05. The number of nitrogens with two attached hydrogens (primary N) is 1. The molecule has 2 nitrogen and oxygen atoms in total. The normalized spacial score (nSPS) is 10.7. The van der Waals surface area contributed by atoms with E-state index >= 15 is 0 Å². The maximum absolute atomic E-state index is 5.92. The SMILES string of the molecule is CC(C)Oc1cc(Sc2ccccc2Br)ccc1N. The van der Waals surface area contributed by atoms with Crippen LogP contribution in [0, 0.1) is 0 Å². The van der Waals surface area contributed by atoms with Crippen molar-refractivity contribution in [2.45, 2.75) is 29.7 Å². The highest BCUT2D eigenvalue weighted by Gasteiger charge is 2.07. The molecule has 19 heavy (non-hydrogen) atoms. The van der Waals surface area contributed by atoms with Crippen LogP contribution in [0.3, 0.4) is 0 Å². The van der Waals surface area contributed by atoms with Gasteiger partial charge in [-0.3, -0.25) is 0 Å². The van der Waals surface area contributed by atoms with Gasteiger partial charge in [0.15, 0.2) is 0 Å². The molecule has 4 heteroatoms. The molecule has 0 aliphatic carbocycles. The lowest BCUT2D eigenvalue weighted by molar-refractivity contribution is 0.243. The molecule has 0 unspecified atom stereocenters. The van der Waals surface area contributed by atoms with Gasteiger partial charge in [-0.25, -0.2) is 0 Å². The molecule has 0 fully saturated rings. The summed E-state index contributed by atoms with van der Waals surface area (Å²) in [5.74, 6) is 0.743. The van der Waals surface area contributed by atoms with Crippen molar-refractivity contribution >= 4 is 33.4 Å². The van der Waals surface area contributed by atoms with Gasteiger partial charge in [0.05, 0.1) is 11.8 Å². The van der Waals surface area contributed by atoms with Gasteiger partial charge in [-0.2, -0.15) is 0 Å². The highest BCUT2D eigenvalue weighted by atomic mass is 79.9. The quantitative estimate of drug-likeness (QED) is 0.800. The van der Waals surface area contributed by atoms with E-state index in [4.69, 9.17) is 10.5 Å². The topological polar surface area (TPSA) is 35.2 Å². The predicted molar refractivity (Wildman–Crippen MR) is 84.9 cm³/mol. The molecule has 2 N–H and O–H groups in total. The van der Waals surface area contributed by atoms with Gasteiger partial charge in [0.1, 0.15) is 5.75 Å². The van der Waals surface area contributed by atoms with Crippen molar-refractivity contribution in [2.75, 3.05) is 5.73 Å². The van der Waals surface area contributed by atoms with E-state index in [1.165, 1.54) is 4.90 Å². The minimum atomic E-state index is 0.117. The van der Waals surface area contributed by atoms with Crippen LogP contribution in [0.1, 0.15) is 13.8 Å². The molecule has 0 aromatic heterocycles. The number of rotatable bonds is 4. The maximum Gasteiger partial charge on any atom is 0.143 e. The summed E-state index contributed by atoms with van der Waals surface area (Å²) in [5, 5.41) is 0. The molecule has 0 aliphatic heterocycles. The number of nitrogen functional groups attached to an aromatic ring is 1. The molecular formula is C15H16BrNOS. The summed E-state index contributed by atoms with van der Waals surface area (Å²) in [5.41, 5.74) is 6.59. The van der Waals surface area contributed by atoms with Gasteiger partial charge in [0.25, 0.3) is 0 Å². The van der Waals surface area contributed by atoms with Crippen LogP contribution in [0.25, 0.3) is 0 Å². The Morgan fingerprint density at radius 1 is 1.16 bits per heavy atom. The number of anilines is 1. The van der Waals surface area contributed by atoms with Crippen LogP contribution in [-0.4, -0.2) is 6.10 Å². The average Bonchev–Trinajstić information content (AvgIpc) is 2.35. The largest absolute Gasteiger partial charge is 0.489 e. The highest BCUT2D eigenvalue weighted by Crippen LogP contribution is 2.36. The summed E-state index contributed by atoms with van der Waals surface area (Å²) in [4.78, 5) is 2.28. The van der Waals surface area contributed by atoms with Crippen molar-refractivity contribution in [1.82, 2.24) is 0 Å². The second-order valence-corrected chi connectivity index (χ2v) is 6.37. The minimum Gasteiger partial charge on any atom is -0.489 e. The van der Waals surface area contributed by atoms with Crippen LogP contribution in [-0.2, 0) is 0 Å². The fourth-order valence-electron chi connectivity index (χ4n) is 1.59. The van der Waals surface area contributed by atoms with Gasteiger partial charge in [0, 0.05) is 14.3 Å². The maximum atomic E-state index is 5.92. The van der Waals surface area contributed by atoms with Gasteiger partial charge >= 0.3 is 0 Å². The Bertz CT molecular complexity index is 572. The third kappa shape index (κ3) is 3.91. The first-order valence-corrected chi connectivity index (χ1v) is 7.66. The zero-order valence-electron chi connectivity index (χ0n) is 10.9. The standard InChI is InChI=1S/C15H16BrNOS/c1-10(2)18-14-9-11(7-8-13(14)17)19-15-6-4-3-5-12(15)16/h3-10H,17H2,1-2H3. The summed E-state index contributed by atoms with van der Waals surface area (Å²) in [6, 6.07) is 14.0. The molecule has 0 saturated heterocycles. The fourth-order valence-corrected chi connectivity index (χ4v) is 2.98. The zero-order valence-corrected chi connectivity index (χ0v) is 13.3. The second kappa shape index (κ2) is 6.35. The van der Waals surface area contributed by atoms with Crippen LogP contribution in [0.4, 0.5) is 5.69 Å². The van der Waals surface area contributed by atoms with E-state index in [2.05, 4.69) is 22.0 Å². The van der Waals surface area contributed by atoms with Gasteiger partial charge in [-0.15, -0.1) is 0 Å². The Morgan fingerprint density at radius 2 is 1.89 bits per heavy atom. The third-order valence-electron chi connectivity index (χ3n) is 2.41. The van der Waals surface area contributed by atoms with E-state index < -0.39 is 0 Å². The Labute approximate surface area is 126 Å². The van der Waals surface area contributed by atoms with Gasteiger partial charge in [-0.05, 0) is 60.1 Å². The Morgan fingerprint density at radius 3 is 2.58 bits per heavy atom. The van der Waals surface area contributed by atoms with Gasteiger partial charge in [0.2, 0.25) is 0 Å². The van der Waals surface area contributed by atoms with Crippen LogP contribution in [0.5, 0.6) is 5.75 Å². The van der Waals surface area contributed by atoms with Gasteiger partial charge < -0.3 is 10.5 Å². The molecule has 0 bridgehead atoms. The van der Waals surface area contributed by atoms with Crippen LogP contribution < -0.4 is 10.5 Å². The van der Waals surface area contributed by atoms with Crippen LogP contribution >= 0.6 is 27.7 Å².